The van der Waals surface area contributed by atoms with Crippen LogP contribution in [0, 0.1) is 0 Å². The number of carbonyl (C=O) groups is 2. The van der Waals surface area contributed by atoms with Crippen molar-refractivity contribution in [2.45, 2.75) is 25.3 Å². The van der Waals surface area contributed by atoms with Crippen LogP contribution >= 0.6 is 0 Å². The zero-order valence-corrected chi connectivity index (χ0v) is 18.8. The molecule has 5 heteroatoms. The van der Waals surface area contributed by atoms with E-state index in [9.17, 15) is 14.7 Å². The number of carboxylic acid groups (broad SMARTS) is 1. The molecule has 0 fully saturated rings. The molecule has 170 valence electrons. The maximum Gasteiger partial charge on any atom is 0.414 e. The summed E-state index contributed by atoms with van der Waals surface area (Å²) in [5.74, 6) is -1.03. The van der Waals surface area contributed by atoms with Crippen LogP contribution in [0.4, 0.5) is 10.5 Å². The summed E-state index contributed by atoms with van der Waals surface area (Å²) in [7, 11) is 0. The first-order chi connectivity index (χ1) is 16.5. The van der Waals surface area contributed by atoms with E-state index in [0.29, 0.717) is 5.69 Å². The molecular weight excluding hydrogens is 426 g/mol. The van der Waals surface area contributed by atoms with E-state index < -0.39 is 18.1 Å². The highest BCUT2D eigenvalue weighted by atomic mass is 16.6. The van der Waals surface area contributed by atoms with Gasteiger partial charge in [0.25, 0.3) is 0 Å². The molecule has 4 aromatic carbocycles. The van der Waals surface area contributed by atoms with E-state index in [-0.39, 0.29) is 18.9 Å². The molecule has 34 heavy (non-hydrogen) atoms. The van der Waals surface area contributed by atoms with E-state index in [4.69, 9.17) is 4.74 Å². The number of aliphatic carboxylic acids is 1. The number of amides is 1. The highest BCUT2D eigenvalue weighted by Gasteiger charge is 2.31. The SMILES string of the molecule is C[C@@H](CC(=O)O)N(C(=O)OCC1c2ccccc2-c2ccccc21)c1ccc2ccccc2c1. The molecule has 1 amide bonds. The van der Waals surface area contributed by atoms with Crippen LogP contribution < -0.4 is 4.90 Å². The van der Waals surface area contributed by atoms with Gasteiger partial charge in [-0.25, -0.2) is 4.79 Å². The molecule has 0 saturated carbocycles. The van der Waals surface area contributed by atoms with Crippen LogP contribution in [0.25, 0.3) is 21.9 Å². The lowest BCUT2D eigenvalue weighted by atomic mass is 9.98. The van der Waals surface area contributed by atoms with Crippen LogP contribution in [0.2, 0.25) is 0 Å². The van der Waals surface area contributed by atoms with Gasteiger partial charge < -0.3 is 9.84 Å². The summed E-state index contributed by atoms with van der Waals surface area (Å²) in [4.78, 5) is 26.3. The molecule has 0 saturated heterocycles. The molecule has 1 atom stereocenters. The molecule has 0 heterocycles. The minimum Gasteiger partial charge on any atom is -0.481 e. The molecule has 0 spiro atoms. The lowest BCUT2D eigenvalue weighted by Gasteiger charge is -2.28. The molecule has 0 radical (unpaired) electrons. The van der Waals surface area contributed by atoms with Crippen molar-refractivity contribution in [3.63, 3.8) is 0 Å². The number of carbonyl (C=O) groups excluding carboxylic acids is 1. The Hall–Kier alpha value is -4.12. The van der Waals surface area contributed by atoms with Crippen molar-refractivity contribution in [2.24, 2.45) is 0 Å². The Morgan fingerprint density at radius 1 is 0.853 bits per heavy atom. The third-order valence-electron chi connectivity index (χ3n) is 6.45. The van der Waals surface area contributed by atoms with Crippen molar-refractivity contribution in [2.75, 3.05) is 11.5 Å². The first-order valence-corrected chi connectivity index (χ1v) is 11.4. The zero-order valence-electron chi connectivity index (χ0n) is 18.8. The number of hydrogen-bond acceptors (Lipinski definition) is 3. The highest BCUT2D eigenvalue weighted by Crippen LogP contribution is 2.44. The molecule has 1 N–H and O–H groups in total. The number of anilines is 1. The van der Waals surface area contributed by atoms with Gasteiger partial charge in [-0.05, 0) is 52.1 Å². The molecule has 1 aliphatic rings. The molecule has 4 aromatic rings. The second-order valence-electron chi connectivity index (χ2n) is 8.65. The van der Waals surface area contributed by atoms with Crippen LogP contribution in [0.1, 0.15) is 30.4 Å². The van der Waals surface area contributed by atoms with Crippen LogP contribution in [0.15, 0.2) is 91.0 Å². The fraction of sp³-hybridized carbons (Fsp3) is 0.172. The Balaban J connectivity index is 1.43. The van der Waals surface area contributed by atoms with Gasteiger partial charge in [-0.15, -0.1) is 0 Å². The average Bonchev–Trinajstić information content (AvgIpc) is 3.16. The maximum atomic E-state index is 13.4. The summed E-state index contributed by atoms with van der Waals surface area (Å²) in [5.41, 5.74) is 5.19. The highest BCUT2D eigenvalue weighted by molar-refractivity contribution is 5.94. The van der Waals surface area contributed by atoms with E-state index in [1.165, 1.54) is 4.90 Å². The van der Waals surface area contributed by atoms with Gasteiger partial charge in [0.1, 0.15) is 6.61 Å². The van der Waals surface area contributed by atoms with Gasteiger partial charge in [0.2, 0.25) is 0 Å². The van der Waals surface area contributed by atoms with Crippen molar-refractivity contribution >= 4 is 28.5 Å². The smallest absolute Gasteiger partial charge is 0.414 e. The van der Waals surface area contributed by atoms with E-state index in [0.717, 1.165) is 33.0 Å². The second-order valence-corrected chi connectivity index (χ2v) is 8.65. The average molecular weight is 452 g/mol. The monoisotopic (exact) mass is 451 g/mol. The molecule has 0 aromatic heterocycles. The number of carboxylic acids is 1. The number of benzene rings is 4. The minimum absolute atomic E-state index is 0.0652. The van der Waals surface area contributed by atoms with Crippen molar-refractivity contribution < 1.29 is 19.4 Å². The van der Waals surface area contributed by atoms with Gasteiger partial charge in [-0.3, -0.25) is 9.69 Å². The third kappa shape index (κ3) is 4.01. The summed E-state index contributed by atoms with van der Waals surface area (Å²) < 4.78 is 5.87. The first-order valence-electron chi connectivity index (χ1n) is 11.4. The predicted octanol–water partition coefficient (Wildman–Crippen LogP) is 6.46. The number of fused-ring (bicyclic) bond motifs is 4. The van der Waals surface area contributed by atoms with Crippen LogP contribution in [-0.4, -0.2) is 29.8 Å². The summed E-state index contributed by atoms with van der Waals surface area (Å²) >= 11 is 0. The number of ether oxygens (including phenoxy) is 1. The summed E-state index contributed by atoms with van der Waals surface area (Å²) in [6.07, 6.45) is -0.734. The molecule has 5 rings (SSSR count). The van der Waals surface area contributed by atoms with E-state index in [1.54, 1.807) is 6.92 Å². The van der Waals surface area contributed by atoms with Gasteiger partial charge in [0.05, 0.1) is 6.42 Å². The molecular formula is C29H25NO4. The Morgan fingerprint density at radius 3 is 2.09 bits per heavy atom. The van der Waals surface area contributed by atoms with Crippen molar-refractivity contribution in [3.8, 4) is 11.1 Å². The second kappa shape index (κ2) is 9.02. The van der Waals surface area contributed by atoms with Gasteiger partial charge in [-0.2, -0.15) is 0 Å². The van der Waals surface area contributed by atoms with Crippen LogP contribution in [0.3, 0.4) is 0 Å². The van der Waals surface area contributed by atoms with Gasteiger partial charge in [0.15, 0.2) is 0 Å². The Morgan fingerprint density at radius 2 is 1.44 bits per heavy atom. The number of hydrogen-bond donors (Lipinski definition) is 1. The fourth-order valence-corrected chi connectivity index (χ4v) is 4.87. The number of nitrogens with zero attached hydrogens (tertiary/aromatic N) is 1. The Kier molecular flexibility index (Phi) is 5.76. The van der Waals surface area contributed by atoms with Crippen LogP contribution in [0.5, 0.6) is 0 Å². The molecule has 0 unspecified atom stereocenters. The minimum atomic E-state index is -0.968. The van der Waals surface area contributed by atoms with Gasteiger partial charge in [-0.1, -0.05) is 78.9 Å². The van der Waals surface area contributed by atoms with Crippen LogP contribution in [-0.2, 0) is 9.53 Å². The van der Waals surface area contributed by atoms with Crippen molar-refractivity contribution in [1.82, 2.24) is 0 Å². The fourth-order valence-electron chi connectivity index (χ4n) is 4.87. The topological polar surface area (TPSA) is 66.8 Å². The van der Waals surface area contributed by atoms with Crippen molar-refractivity contribution in [3.05, 3.63) is 102 Å². The maximum absolute atomic E-state index is 13.4. The van der Waals surface area contributed by atoms with Gasteiger partial charge in [0, 0.05) is 17.6 Å². The quantitative estimate of drug-likeness (QED) is 0.365. The molecule has 5 nitrogen and oxygen atoms in total. The standard InChI is InChI=1S/C29H25NO4/c1-19(16-28(31)32)30(22-15-14-20-8-2-3-9-21(20)17-22)29(33)34-18-27-25-12-6-4-10-23(25)24-11-5-7-13-26(24)27/h2-15,17,19,27H,16,18H2,1H3,(H,31,32)/t19-/m0/s1. The van der Waals surface area contributed by atoms with Crippen molar-refractivity contribution in [1.29, 1.82) is 0 Å². The lowest BCUT2D eigenvalue weighted by Crippen LogP contribution is -2.41. The normalized spacial score (nSPS) is 13.2. The van der Waals surface area contributed by atoms with E-state index >= 15 is 0 Å². The summed E-state index contributed by atoms with van der Waals surface area (Å²) in [6, 6.07) is 29.3. The summed E-state index contributed by atoms with van der Waals surface area (Å²) in [5, 5.41) is 11.4. The lowest BCUT2D eigenvalue weighted by molar-refractivity contribution is -0.137. The first kappa shape index (κ1) is 21.7. The molecule has 1 aliphatic carbocycles. The summed E-state index contributed by atoms with van der Waals surface area (Å²) in [6.45, 7) is 1.90. The Labute approximate surface area is 198 Å². The zero-order chi connectivity index (χ0) is 23.7. The van der Waals surface area contributed by atoms with E-state index in [2.05, 4.69) is 24.3 Å². The third-order valence-corrected chi connectivity index (χ3v) is 6.45. The predicted molar refractivity (Wildman–Crippen MR) is 133 cm³/mol. The van der Waals surface area contributed by atoms with E-state index in [1.807, 2.05) is 66.7 Å². The Bertz CT molecular complexity index is 1330. The molecule has 0 aliphatic heterocycles. The van der Waals surface area contributed by atoms with Gasteiger partial charge >= 0.3 is 12.1 Å². The molecule has 0 bridgehead atoms. The number of rotatable bonds is 6. The largest absolute Gasteiger partial charge is 0.481 e.